The van der Waals surface area contributed by atoms with Gasteiger partial charge in [0.05, 0.1) is 6.04 Å². The van der Waals surface area contributed by atoms with Crippen LogP contribution < -0.4 is 5.32 Å². The lowest BCUT2D eigenvalue weighted by Gasteiger charge is -2.22. The molecule has 0 aliphatic heterocycles. The lowest BCUT2D eigenvalue weighted by molar-refractivity contribution is 0.369. The predicted molar refractivity (Wildman–Crippen MR) is 72.5 cm³/mol. The molecule has 2 aromatic rings. The maximum atomic E-state index is 5.75. The van der Waals surface area contributed by atoms with Crippen molar-refractivity contribution in [2.45, 2.75) is 32.7 Å². The van der Waals surface area contributed by atoms with Gasteiger partial charge in [0, 0.05) is 17.8 Å². The maximum Gasteiger partial charge on any atom is 0.121 e. The number of furan rings is 1. The van der Waals surface area contributed by atoms with E-state index < -0.39 is 0 Å². The van der Waals surface area contributed by atoms with Gasteiger partial charge in [0.2, 0.25) is 0 Å². The number of aromatic nitrogens is 1. The van der Waals surface area contributed by atoms with Gasteiger partial charge in [-0.3, -0.25) is 4.98 Å². The molecule has 18 heavy (non-hydrogen) atoms. The summed E-state index contributed by atoms with van der Waals surface area (Å²) in [6.45, 7) is 7.15. The predicted octanol–water partition coefficient (Wildman–Crippen LogP) is 3.44. The molecular weight excluding hydrogens is 224 g/mol. The van der Waals surface area contributed by atoms with E-state index in [-0.39, 0.29) is 12.0 Å². The van der Waals surface area contributed by atoms with E-state index in [2.05, 4.69) is 30.2 Å². The van der Waals surface area contributed by atoms with E-state index in [1.807, 2.05) is 37.4 Å². The highest BCUT2D eigenvalue weighted by molar-refractivity contribution is 5.18. The summed E-state index contributed by atoms with van der Waals surface area (Å²) < 4.78 is 5.75. The van der Waals surface area contributed by atoms with Crippen molar-refractivity contribution in [1.82, 2.24) is 10.3 Å². The van der Waals surface area contributed by atoms with Gasteiger partial charge in [0.15, 0.2) is 0 Å². The molecule has 2 unspecified atom stereocenters. The summed E-state index contributed by atoms with van der Waals surface area (Å²) in [5.41, 5.74) is 1.08. The first-order chi connectivity index (χ1) is 8.72. The van der Waals surface area contributed by atoms with Crippen molar-refractivity contribution in [3.8, 4) is 0 Å². The molecule has 0 spiro atoms. The van der Waals surface area contributed by atoms with E-state index in [0.717, 1.165) is 23.8 Å². The Morgan fingerprint density at radius 2 is 2.11 bits per heavy atom. The molecule has 2 aromatic heterocycles. The van der Waals surface area contributed by atoms with E-state index in [9.17, 15) is 0 Å². The van der Waals surface area contributed by atoms with Gasteiger partial charge in [-0.15, -0.1) is 0 Å². The van der Waals surface area contributed by atoms with Crippen LogP contribution in [0.25, 0.3) is 0 Å². The van der Waals surface area contributed by atoms with Crippen LogP contribution in [0.2, 0.25) is 0 Å². The Balaban J connectivity index is 2.25. The van der Waals surface area contributed by atoms with Crippen LogP contribution >= 0.6 is 0 Å². The first-order valence-electron chi connectivity index (χ1n) is 6.43. The molecule has 0 aliphatic rings. The summed E-state index contributed by atoms with van der Waals surface area (Å²) in [7, 11) is 0. The molecule has 0 fully saturated rings. The molecule has 3 heteroatoms. The molecule has 0 aliphatic carbocycles. The third-order valence-electron chi connectivity index (χ3n) is 3.15. The first-order valence-corrected chi connectivity index (χ1v) is 6.43. The van der Waals surface area contributed by atoms with Crippen LogP contribution in [-0.2, 0) is 0 Å². The molecular formula is C15H20N2O. The van der Waals surface area contributed by atoms with Gasteiger partial charge in [-0.2, -0.15) is 0 Å². The van der Waals surface area contributed by atoms with Crippen LogP contribution in [0.15, 0.2) is 40.9 Å². The van der Waals surface area contributed by atoms with E-state index in [4.69, 9.17) is 4.42 Å². The second-order valence-electron chi connectivity index (χ2n) is 4.53. The van der Waals surface area contributed by atoms with Gasteiger partial charge in [-0.05, 0) is 37.7 Å². The number of hydrogen-bond acceptors (Lipinski definition) is 3. The molecule has 2 atom stereocenters. The van der Waals surface area contributed by atoms with Crippen molar-refractivity contribution in [3.63, 3.8) is 0 Å². The minimum Gasteiger partial charge on any atom is -0.465 e. The molecule has 96 valence electrons. The fourth-order valence-corrected chi connectivity index (χ4v) is 2.18. The zero-order valence-corrected chi connectivity index (χ0v) is 11.2. The summed E-state index contributed by atoms with van der Waals surface area (Å²) >= 11 is 0. The summed E-state index contributed by atoms with van der Waals surface area (Å²) in [6, 6.07) is 10.2. The average Bonchev–Trinajstić information content (AvgIpc) is 2.82. The zero-order valence-electron chi connectivity index (χ0n) is 11.2. The highest BCUT2D eigenvalue weighted by Crippen LogP contribution is 2.30. The number of nitrogens with zero attached hydrogens (tertiary/aromatic N) is 1. The van der Waals surface area contributed by atoms with Gasteiger partial charge in [-0.1, -0.05) is 19.9 Å². The Labute approximate surface area is 108 Å². The number of hydrogen-bond donors (Lipinski definition) is 1. The minimum absolute atomic E-state index is 0.165. The summed E-state index contributed by atoms with van der Waals surface area (Å²) in [5.74, 6) is 2.20. The van der Waals surface area contributed by atoms with Crippen molar-refractivity contribution in [2.24, 2.45) is 0 Å². The Morgan fingerprint density at radius 3 is 2.67 bits per heavy atom. The lowest BCUT2D eigenvalue weighted by Crippen LogP contribution is -2.25. The van der Waals surface area contributed by atoms with E-state index in [0.29, 0.717) is 0 Å². The number of likely N-dealkylation sites (N-methyl/N-ethyl adjacent to an activating group) is 1. The van der Waals surface area contributed by atoms with Crippen molar-refractivity contribution >= 4 is 0 Å². The Morgan fingerprint density at radius 1 is 1.28 bits per heavy atom. The average molecular weight is 244 g/mol. The lowest BCUT2D eigenvalue weighted by atomic mass is 9.95. The van der Waals surface area contributed by atoms with Crippen molar-refractivity contribution < 1.29 is 4.42 Å². The van der Waals surface area contributed by atoms with Crippen LogP contribution in [0.1, 0.15) is 43.0 Å². The van der Waals surface area contributed by atoms with Crippen LogP contribution in [0.5, 0.6) is 0 Å². The zero-order chi connectivity index (χ0) is 13.0. The molecule has 2 heterocycles. The van der Waals surface area contributed by atoms with Gasteiger partial charge in [0.25, 0.3) is 0 Å². The van der Waals surface area contributed by atoms with E-state index >= 15 is 0 Å². The molecule has 0 bridgehead atoms. The van der Waals surface area contributed by atoms with Gasteiger partial charge >= 0.3 is 0 Å². The van der Waals surface area contributed by atoms with E-state index in [1.54, 1.807) is 0 Å². The molecule has 0 aromatic carbocycles. The summed E-state index contributed by atoms with van der Waals surface area (Å²) in [6.07, 6.45) is 1.84. The maximum absolute atomic E-state index is 5.75. The smallest absolute Gasteiger partial charge is 0.121 e. The number of nitrogens with one attached hydrogen (secondary N) is 1. The SMILES string of the molecule is CCNC(c1ccc(C)o1)C(C)c1ccccn1. The quantitative estimate of drug-likeness (QED) is 0.875. The first kappa shape index (κ1) is 12.8. The number of rotatable bonds is 5. The fraction of sp³-hybridized carbons (Fsp3) is 0.400. The largest absolute Gasteiger partial charge is 0.465 e. The van der Waals surface area contributed by atoms with Crippen molar-refractivity contribution in [1.29, 1.82) is 0 Å². The molecule has 2 rings (SSSR count). The van der Waals surface area contributed by atoms with E-state index in [1.165, 1.54) is 0 Å². The van der Waals surface area contributed by atoms with Crippen LogP contribution in [0, 0.1) is 6.92 Å². The van der Waals surface area contributed by atoms with Crippen LogP contribution in [0.3, 0.4) is 0 Å². The molecule has 3 nitrogen and oxygen atoms in total. The Kier molecular flexibility index (Phi) is 4.15. The minimum atomic E-state index is 0.165. The van der Waals surface area contributed by atoms with Crippen molar-refractivity contribution in [2.75, 3.05) is 6.54 Å². The molecule has 0 amide bonds. The monoisotopic (exact) mass is 244 g/mol. The number of aryl methyl sites for hydroxylation is 1. The summed E-state index contributed by atoms with van der Waals surface area (Å²) in [5, 5.41) is 3.48. The Bertz CT molecular complexity index is 478. The molecule has 0 saturated carbocycles. The molecule has 0 saturated heterocycles. The molecule has 1 N–H and O–H groups in total. The third kappa shape index (κ3) is 2.79. The third-order valence-corrected chi connectivity index (χ3v) is 3.15. The van der Waals surface area contributed by atoms with Crippen molar-refractivity contribution in [3.05, 3.63) is 53.7 Å². The highest BCUT2D eigenvalue weighted by Gasteiger charge is 2.23. The van der Waals surface area contributed by atoms with Gasteiger partial charge in [0.1, 0.15) is 11.5 Å². The molecule has 0 radical (unpaired) electrons. The normalized spacial score (nSPS) is 14.4. The summed E-state index contributed by atoms with van der Waals surface area (Å²) in [4.78, 5) is 4.43. The second kappa shape index (κ2) is 5.83. The second-order valence-corrected chi connectivity index (χ2v) is 4.53. The Hall–Kier alpha value is -1.61. The standard InChI is InChI=1S/C15H20N2O/c1-4-16-15(14-9-8-11(2)18-14)12(3)13-7-5-6-10-17-13/h5-10,12,15-16H,4H2,1-3H3. The topological polar surface area (TPSA) is 38.1 Å². The van der Waals surface area contributed by atoms with Gasteiger partial charge < -0.3 is 9.73 Å². The highest BCUT2D eigenvalue weighted by atomic mass is 16.3. The van der Waals surface area contributed by atoms with Crippen LogP contribution in [0.4, 0.5) is 0 Å². The van der Waals surface area contributed by atoms with Crippen LogP contribution in [-0.4, -0.2) is 11.5 Å². The van der Waals surface area contributed by atoms with Gasteiger partial charge in [-0.25, -0.2) is 0 Å². The number of pyridine rings is 1. The fourth-order valence-electron chi connectivity index (χ4n) is 2.18.